The number of rotatable bonds is 8. The van der Waals surface area contributed by atoms with Crippen LogP contribution in [0.4, 0.5) is 0 Å². The predicted molar refractivity (Wildman–Crippen MR) is 77.8 cm³/mol. The second kappa shape index (κ2) is 7.22. The van der Waals surface area contributed by atoms with Crippen molar-refractivity contribution in [2.75, 3.05) is 20.1 Å². The Bertz CT molecular complexity index is 347. The van der Waals surface area contributed by atoms with Crippen molar-refractivity contribution in [3.05, 3.63) is 16.1 Å². The fourth-order valence-electron chi connectivity index (χ4n) is 2.33. The van der Waals surface area contributed by atoms with E-state index in [0.29, 0.717) is 0 Å². The summed E-state index contributed by atoms with van der Waals surface area (Å²) in [5.74, 6) is 0.944. The summed E-state index contributed by atoms with van der Waals surface area (Å²) in [6.45, 7) is 6.43. The molecule has 0 amide bonds. The van der Waals surface area contributed by atoms with Crippen LogP contribution < -0.4 is 5.32 Å². The van der Waals surface area contributed by atoms with Crippen molar-refractivity contribution in [3.63, 3.8) is 0 Å². The minimum absolute atomic E-state index is 0.921. The van der Waals surface area contributed by atoms with Crippen LogP contribution in [0.25, 0.3) is 0 Å². The fraction of sp³-hybridized carbons (Fsp3) is 0.786. The Hall–Kier alpha value is -0.450. The molecule has 1 aliphatic rings. The maximum atomic E-state index is 4.69. The minimum Gasteiger partial charge on any atom is -0.310 e. The van der Waals surface area contributed by atoms with Crippen molar-refractivity contribution in [1.82, 2.24) is 15.2 Å². The molecule has 102 valence electrons. The molecule has 0 bridgehead atoms. The normalized spacial score (nSPS) is 16.2. The number of hydrogen-bond donors (Lipinski definition) is 1. The van der Waals surface area contributed by atoms with Crippen molar-refractivity contribution in [2.45, 2.75) is 45.7 Å². The van der Waals surface area contributed by atoms with Crippen molar-refractivity contribution < 1.29 is 0 Å². The van der Waals surface area contributed by atoms with E-state index in [4.69, 9.17) is 0 Å². The number of thiazole rings is 1. The second-order valence-corrected chi connectivity index (χ2v) is 6.35. The van der Waals surface area contributed by atoms with Gasteiger partial charge in [0.1, 0.15) is 5.01 Å². The molecule has 0 aromatic carbocycles. The average Bonchev–Trinajstić information content (AvgIpc) is 2.72. The number of nitrogens with one attached hydrogen (secondary N) is 1. The number of nitrogens with zero attached hydrogens (tertiary/aromatic N) is 2. The molecule has 4 heteroatoms. The predicted octanol–water partition coefficient (Wildman–Crippen LogP) is 2.87. The van der Waals surface area contributed by atoms with E-state index in [1.54, 1.807) is 11.3 Å². The molecule has 0 radical (unpaired) electrons. The molecule has 0 atom stereocenters. The lowest BCUT2D eigenvalue weighted by molar-refractivity contribution is 0.199. The molecule has 1 fully saturated rings. The molecule has 1 aliphatic carbocycles. The van der Waals surface area contributed by atoms with Gasteiger partial charge in [0.15, 0.2) is 0 Å². The van der Waals surface area contributed by atoms with Gasteiger partial charge in [-0.2, -0.15) is 0 Å². The maximum Gasteiger partial charge on any atom is 0.107 e. The monoisotopic (exact) mass is 267 g/mol. The molecule has 1 heterocycles. The standard InChI is InChI=1S/C14H25N3S/c1-3-7-15-8-14-16-13(11-18-14)10-17(2)9-12-5-4-6-12/h11-12,15H,3-10H2,1-2H3. The summed E-state index contributed by atoms with van der Waals surface area (Å²) in [4.78, 5) is 7.11. The van der Waals surface area contributed by atoms with E-state index < -0.39 is 0 Å². The van der Waals surface area contributed by atoms with Crippen LogP contribution in [0.2, 0.25) is 0 Å². The molecule has 0 unspecified atom stereocenters. The van der Waals surface area contributed by atoms with Crippen molar-refractivity contribution in [1.29, 1.82) is 0 Å². The molecule has 1 saturated carbocycles. The third-order valence-electron chi connectivity index (χ3n) is 3.53. The van der Waals surface area contributed by atoms with Crippen LogP contribution in [0.1, 0.15) is 43.3 Å². The maximum absolute atomic E-state index is 4.69. The molecule has 2 rings (SSSR count). The Balaban J connectivity index is 1.71. The van der Waals surface area contributed by atoms with Crippen molar-refractivity contribution >= 4 is 11.3 Å². The lowest BCUT2D eigenvalue weighted by atomic mass is 9.85. The van der Waals surface area contributed by atoms with Crippen LogP contribution in [-0.4, -0.2) is 30.0 Å². The molecular weight excluding hydrogens is 242 g/mol. The van der Waals surface area contributed by atoms with E-state index in [1.807, 2.05) is 0 Å². The van der Waals surface area contributed by atoms with E-state index in [9.17, 15) is 0 Å². The van der Waals surface area contributed by atoms with E-state index in [0.717, 1.165) is 25.6 Å². The molecule has 0 saturated heterocycles. The minimum atomic E-state index is 0.921. The molecule has 1 aromatic rings. The largest absolute Gasteiger partial charge is 0.310 e. The van der Waals surface area contributed by atoms with Gasteiger partial charge in [-0.3, -0.25) is 0 Å². The van der Waals surface area contributed by atoms with Gasteiger partial charge in [0.2, 0.25) is 0 Å². The summed E-state index contributed by atoms with van der Waals surface area (Å²) in [5.41, 5.74) is 1.23. The van der Waals surface area contributed by atoms with Crippen LogP contribution >= 0.6 is 11.3 Å². The molecular formula is C14H25N3S. The lowest BCUT2D eigenvalue weighted by Crippen LogP contribution is -2.29. The molecule has 1 N–H and O–H groups in total. The highest BCUT2D eigenvalue weighted by molar-refractivity contribution is 7.09. The highest BCUT2D eigenvalue weighted by atomic mass is 32.1. The number of hydrogen-bond acceptors (Lipinski definition) is 4. The smallest absolute Gasteiger partial charge is 0.107 e. The summed E-state index contributed by atoms with van der Waals surface area (Å²) < 4.78 is 0. The molecule has 3 nitrogen and oxygen atoms in total. The zero-order valence-corrected chi connectivity index (χ0v) is 12.4. The van der Waals surface area contributed by atoms with Gasteiger partial charge in [0.05, 0.1) is 5.69 Å². The third kappa shape index (κ3) is 4.34. The summed E-state index contributed by atoms with van der Waals surface area (Å²) >= 11 is 1.78. The van der Waals surface area contributed by atoms with Crippen LogP contribution in [0.3, 0.4) is 0 Å². The lowest BCUT2D eigenvalue weighted by Gasteiger charge is -2.29. The molecule has 18 heavy (non-hydrogen) atoms. The van der Waals surface area contributed by atoms with E-state index in [-0.39, 0.29) is 0 Å². The van der Waals surface area contributed by atoms with Crippen LogP contribution in [0.5, 0.6) is 0 Å². The summed E-state index contributed by atoms with van der Waals surface area (Å²) in [5, 5.41) is 6.83. The van der Waals surface area contributed by atoms with Gasteiger partial charge in [-0.15, -0.1) is 11.3 Å². The summed E-state index contributed by atoms with van der Waals surface area (Å²) in [7, 11) is 2.21. The average molecular weight is 267 g/mol. The van der Waals surface area contributed by atoms with Crippen molar-refractivity contribution in [3.8, 4) is 0 Å². The van der Waals surface area contributed by atoms with Gasteiger partial charge in [0, 0.05) is 25.0 Å². The molecule has 0 spiro atoms. The first-order chi connectivity index (χ1) is 8.78. The third-order valence-corrected chi connectivity index (χ3v) is 4.43. The highest BCUT2D eigenvalue weighted by Crippen LogP contribution is 2.27. The van der Waals surface area contributed by atoms with Gasteiger partial charge < -0.3 is 10.2 Å². The summed E-state index contributed by atoms with van der Waals surface area (Å²) in [6.07, 6.45) is 5.46. The van der Waals surface area contributed by atoms with E-state index in [2.05, 4.69) is 34.6 Å². The fourth-order valence-corrected chi connectivity index (χ4v) is 3.09. The first kappa shape index (κ1) is 14.0. The van der Waals surface area contributed by atoms with Crippen LogP contribution in [0.15, 0.2) is 5.38 Å². The Kier molecular flexibility index (Phi) is 5.60. The molecule has 0 aliphatic heterocycles. The Morgan fingerprint density at radius 3 is 3.00 bits per heavy atom. The van der Waals surface area contributed by atoms with E-state index in [1.165, 1.54) is 42.9 Å². The zero-order valence-electron chi connectivity index (χ0n) is 11.6. The van der Waals surface area contributed by atoms with E-state index >= 15 is 0 Å². The quantitative estimate of drug-likeness (QED) is 0.734. The van der Waals surface area contributed by atoms with Gasteiger partial charge in [-0.1, -0.05) is 13.3 Å². The van der Waals surface area contributed by atoms with Crippen LogP contribution in [-0.2, 0) is 13.1 Å². The first-order valence-corrected chi connectivity index (χ1v) is 7.98. The SMILES string of the molecule is CCCNCc1nc(CN(C)CC2CCC2)cs1. The number of aromatic nitrogens is 1. The van der Waals surface area contributed by atoms with Gasteiger partial charge in [-0.25, -0.2) is 4.98 Å². The zero-order chi connectivity index (χ0) is 12.8. The topological polar surface area (TPSA) is 28.2 Å². The Morgan fingerprint density at radius 1 is 1.50 bits per heavy atom. The van der Waals surface area contributed by atoms with Gasteiger partial charge >= 0.3 is 0 Å². The Morgan fingerprint density at radius 2 is 2.33 bits per heavy atom. The molecule has 1 aromatic heterocycles. The van der Waals surface area contributed by atoms with Crippen LogP contribution in [0, 0.1) is 5.92 Å². The van der Waals surface area contributed by atoms with Gasteiger partial charge in [-0.05, 0) is 38.8 Å². The summed E-state index contributed by atoms with van der Waals surface area (Å²) in [6, 6.07) is 0. The second-order valence-electron chi connectivity index (χ2n) is 5.40. The Labute approximate surface area is 115 Å². The van der Waals surface area contributed by atoms with Crippen molar-refractivity contribution in [2.24, 2.45) is 5.92 Å². The first-order valence-electron chi connectivity index (χ1n) is 7.10. The van der Waals surface area contributed by atoms with Gasteiger partial charge in [0.25, 0.3) is 0 Å². The highest BCUT2D eigenvalue weighted by Gasteiger charge is 2.19.